The Kier molecular flexibility index (Phi) is 8.26. The Morgan fingerprint density at radius 1 is 1.16 bits per heavy atom. The van der Waals surface area contributed by atoms with Crippen LogP contribution in [0.4, 0.5) is 0 Å². The van der Waals surface area contributed by atoms with Crippen molar-refractivity contribution in [2.75, 3.05) is 19.7 Å². The quantitative estimate of drug-likeness (QED) is 0.503. The van der Waals surface area contributed by atoms with Crippen molar-refractivity contribution in [3.05, 3.63) is 0 Å². The van der Waals surface area contributed by atoms with Crippen LogP contribution < -0.4 is 0 Å². The average Bonchev–Trinajstić information content (AvgIpc) is 2.62. The highest BCUT2D eigenvalue weighted by molar-refractivity contribution is 5.76. The number of ether oxygens (including phenoxy) is 1. The van der Waals surface area contributed by atoms with E-state index in [1.54, 1.807) is 6.92 Å². The maximum Gasteiger partial charge on any atom is 0.305 e. The van der Waals surface area contributed by atoms with E-state index in [1.807, 2.05) is 4.90 Å². The topological polar surface area (TPSA) is 46.6 Å². The Bertz CT molecular complexity index is 279. The number of likely N-dealkylation sites (tertiary alicyclic amines) is 1. The molecule has 0 aromatic carbocycles. The van der Waals surface area contributed by atoms with Crippen LogP contribution in [0, 0.1) is 0 Å². The highest BCUT2D eigenvalue weighted by Crippen LogP contribution is 2.12. The molecule has 110 valence electrons. The molecule has 0 aromatic heterocycles. The lowest BCUT2D eigenvalue weighted by atomic mass is 10.2. The van der Waals surface area contributed by atoms with Crippen LogP contribution in [0.5, 0.6) is 0 Å². The number of amides is 1. The molecule has 0 aromatic rings. The lowest BCUT2D eigenvalue weighted by Gasteiger charge is -2.20. The number of carbonyl (C=O) groups is 2. The third kappa shape index (κ3) is 7.19. The zero-order chi connectivity index (χ0) is 13.9. The normalized spacial score (nSPS) is 16.3. The molecule has 1 aliphatic rings. The van der Waals surface area contributed by atoms with Crippen LogP contribution in [-0.4, -0.2) is 36.5 Å². The van der Waals surface area contributed by atoms with Crippen LogP contribution in [-0.2, 0) is 14.3 Å². The van der Waals surface area contributed by atoms with Crippen molar-refractivity contribution < 1.29 is 14.3 Å². The maximum absolute atomic E-state index is 11.8. The number of carbonyl (C=O) groups excluding carboxylic acids is 2. The molecule has 0 unspecified atom stereocenters. The molecule has 0 saturated carbocycles. The molecular weight excluding hydrogens is 242 g/mol. The first-order chi connectivity index (χ1) is 9.24. The van der Waals surface area contributed by atoms with Gasteiger partial charge in [0.2, 0.25) is 5.91 Å². The average molecular weight is 269 g/mol. The summed E-state index contributed by atoms with van der Waals surface area (Å²) < 4.78 is 5.02. The first-order valence-electron chi connectivity index (χ1n) is 7.67. The second-order valence-corrected chi connectivity index (χ2v) is 5.18. The summed E-state index contributed by atoms with van der Waals surface area (Å²) in [5, 5.41) is 0. The Morgan fingerprint density at radius 3 is 2.74 bits per heavy atom. The second-order valence-electron chi connectivity index (χ2n) is 5.18. The van der Waals surface area contributed by atoms with Gasteiger partial charge in [-0.05, 0) is 32.1 Å². The minimum Gasteiger partial charge on any atom is -0.466 e. The van der Waals surface area contributed by atoms with E-state index in [0.717, 1.165) is 58.0 Å². The monoisotopic (exact) mass is 269 g/mol. The number of nitrogens with zero attached hydrogens (tertiary/aromatic N) is 1. The van der Waals surface area contributed by atoms with Gasteiger partial charge in [-0.1, -0.05) is 19.8 Å². The van der Waals surface area contributed by atoms with Crippen LogP contribution in [0.15, 0.2) is 0 Å². The number of esters is 1. The van der Waals surface area contributed by atoms with Crippen molar-refractivity contribution in [2.45, 2.75) is 64.7 Å². The summed E-state index contributed by atoms with van der Waals surface area (Å²) in [4.78, 5) is 24.7. The Morgan fingerprint density at radius 2 is 1.95 bits per heavy atom. The molecule has 1 heterocycles. The summed E-state index contributed by atoms with van der Waals surface area (Å²) in [6, 6.07) is 0. The minimum atomic E-state index is -0.116. The van der Waals surface area contributed by atoms with Crippen molar-refractivity contribution in [1.82, 2.24) is 4.90 Å². The number of rotatable bonds is 8. The Labute approximate surface area is 116 Å². The second kappa shape index (κ2) is 9.82. The van der Waals surface area contributed by atoms with Crippen molar-refractivity contribution in [1.29, 1.82) is 0 Å². The molecule has 0 bridgehead atoms. The molecule has 4 heteroatoms. The summed E-state index contributed by atoms with van der Waals surface area (Å²) in [5.74, 6) is 0.213. The number of unbranched alkanes of at least 4 members (excludes halogenated alkanes) is 3. The molecule has 1 aliphatic heterocycles. The molecule has 19 heavy (non-hydrogen) atoms. The van der Waals surface area contributed by atoms with Gasteiger partial charge in [-0.2, -0.15) is 0 Å². The summed E-state index contributed by atoms with van der Waals surface area (Å²) >= 11 is 0. The van der Waals surface area contributed by atoms with E-state index >= 15 is 0 Å². The smallest absolute Gasteiger partial charge is 0.305 e. The van der Waals surface area contributed by atoms with Crippen molar-refractivity contribution >= 4 is 11.9 Å². The summed E-state index contributed by atoms with van der Waals surface area (Å²) in [5.41, 5.74) is 0. The summed E-state index contributed by atoms with van der Waals surface area (Å²) in [6.45, 7) is 4.18. The summed E-state index contributed by atoms with van der Waals surface area (Å²) in [7, 11) is 0. The van der Waals surface area contributed by atoms with Crippen LogP contribution in [0.1, 0.15) is 64.7 Å². The number of hydrogen-bond donors (Lipinski definition) is 0. The SMILES string of the molecule is CCC(=O)OCCCCCCN1CCCCCC1=O. The van der Waals surface area contributed by atoms with Gasteiger partial charge in [0, 0.05) is 25.9 Å². The zero-order valence-corrected chi connectivity index (χ0v) is 12.2. The van der Waals surface area contributed by atoms with Gasteiger partial charge >= 0.3 is 5.97 Å². The molecule has 0 spiro atoms. The standard InChI is InChI=1S/C15H27NO3/c1-2-15(18)19-13-9-4-3-7-11-16-12-8-5-6-10-14(16)17/h2-13H2,1H3. The van der Waals surface area contributed by atoms with Crippen LogP contribution in [0.25, 0.3) is 0 Å². The molecule has 0 atom stereocenters. The van der Waals surface area contributed by atoms with E-state index in [4.69, 9.17) is 4.74 Å². The first-order valence-corrected chi connectivity index (χ1v) is 7.67. The molecule has 1 fully saturated rings. The largest absolute Gasteiger partial charge is 0.466 e. The van der Waals surface area contributed by atoms with Gasteiger partial charge < -0.3 is 9.64 Å². The summed E-state index contributed by atoms with van der Waals surface area (Å²) in [6.07, 6.45) is 8.74. The highest BCUT2D eigenvalue weighted by Gasteiger charge is 2.15. The lowest BCUT2D eigenvalue weighted by Crippen LogP contribution is -2.31. The molecule has 1 amide bonds. The maximum atomic E-state index is 11.8. The van der Waals surface area contributed by atoms with Crippen LogP contribution >= 0.6 is 0 Å². The lowest BCUT2D eigenvalue weighted by molar-refractivity contribution is -0.143. The van der Waals surface area contributed by atoms with Gasteiger partial charge in [0.15, 0.2) is 0 Å². The molecule has 1 saturated heterocycles. The van der Waals surface area contributed by atoms with E-state index < -0.39 is 0 Å². The predicted octanol–water partition coefficient (Wildman–Crippen LogP) is 2.90. The molecule has 0 N–H and O–H groups in total. The van der Waals surface area contributed by atoms with E-state index in [2.05, 4.69) is 0 Å². The van der Waals surface area contributed by atoms with Crippen LogP contribution in [0.2, 0.25) is 0 Å². The van der Waals surface area contributed by atoms with Gasteiger partial charge in [0.25, 0.3) is 0 Å². The minimum absolute atomic E-state index is 0.116. The van der Waals surface area contributed by atoms with Gasteiger partial charge in [0.1, 0.15) is 0 Å². The van der Waals surface area contributed by atoms with Crippen LogP contribution in [0.3, 0.4) is 0 Å². The Balaban J connectivity index is 1.97. The molecule has 4 nitrogen and oxygen atoms in total. The highest BCUT2D eigenvalue weighted by atomic mass is 16.5. The van der Waals surface area contributed by atoms with Crippen molar-refractivity contribution in [2.24, 2.45) is 0 Å². The number of hydrogen-bond acceptors (Lipinski definition) is 3. The van der Waals surface area contributed by atoms with Gasteiger partial charge in [-0.3, -0.25) is 9.59 Å². The van der Waals surface area contributed by atoms with Gasteiger partial charge in [-0.25, -0.2) is 0 Å². The van der Waals surface area contributed by atoms with E-state index in [9.17, 15) is 9.59 Å². The van der Waals surface area contributed by atoms with Crippen molar-refractivity contribution in [3.8, 4) is 0 Å². The first kappa shape index (κ1) is 16.0. The molecule has 1 rings (SSSR count). The van der Waals surface area contributed by atoms with Gasteiger partial charge in [-0.15, -0.1) is 0 Å². The van der Waals surface area contributed by atoms with E-state index in [-0.39, 0.29) is 5.97 Å². The van der Waals surface area contributed by atoms with Crippen molar-refractivity contribution in [3.63, 3.8) is 0 Å². The van der Waals surface area contributed by atoms with E-state index in [1.165, 1.54) is 6.42 Å². The third-order valence-electron chi connectivity index (χ3n) is 3.55. The van der Waals surface area contributed by atoms with E-state index in [0.29, 0.717) is 18.9 Å². The Hall–Kier alpha value is -1.06. The molecule has 0 radical (unpaired) electrons. The third-order valence-corrected chi connectivity index (χ3v) is 3.55. The predicted molar refractivity (Wildman–Crippen MR) is 74.8 cm³/mol. The molecular formula is C15H27NO3. The fraction of sp³-hybridized carbons (Fsp3) is 0.867. The fourth-order valence-electron chi connectivity index (χ4n) is 2.32. The fourth-order valence-corrected chi connectivity index (χ4v) is 2.32. The van der Waals surface area contributed by atoms with Gasteiger partial charge in [0.05, 0.1) is 6.61 Å². The molecule has 0 aliphatic carbocycles. The zero-order valence-electron chi connectivity index (χ0n) is 12.2.